The van der Waals surface area contributed by atoms with Crippen LogP contribution in [0, 0.1) is 5.82 Å². The van der Waals surface area contributed by atoms with Gasteiger partial charge in [0, 0.05) is 17.9 Å². The average molecular weight is 421 g/mol. The molecule has 0 spiro atoms. The average Bonchev–Trinajstić information content (AvgIpc) is 3.24. The summed E-state index contributed by atoms with van der Waals surface area (Å²) in [6.07, 6.45) is 0. The second-order valence-electron chi connectivity index (χ2n) is 6.83. The van der Waals surface area contributed by atoms with E-state index in [9.17, 15) is 14.0 Å². The second-order valence-corrected chi connectivity index (χ2v) is 6.83. The molecular weight excluding hydrogens is 401 g/mol. The van der Waals surface area contributed by atoms with Gasteiger partial charge in [0.05, 0.1) is 12.1 Å². The molecule has 3 aromatic carbocycles. The van der Waals surface area contributed by atoms with Crippen molar-refractivity contribution in [3.05, 3.63) is 83.7 Å². The number of benzene rings is 3. The van der Waals surface area contributed by atoms with E-state index in [-0.39, 0.29) is 25.2 Å². The Labute approximate surface area is 178 Å². The number of hydrogen-bond acceptors (Lipinski definition) is 5. The molecule has 0 fully saturated rings. The van der Waals surface area contributed by atoms with Crippen LogP contribution in [0.3, 0.4) is 0 Å². The topological polar surface area (TPSA) is 88.7 Å². The fraction of sp³-hybridized carbons (Fsp3) is 0.130. The van der Waals surface area contributed by atoms with E-state index >= 15 is 0 Å². The monoisotopic (exact) mass is 421 g/mol. The number of amides is 2. The van der Waals surface area contributed by atoms with Crippen LogP contribution in [0.25, 0.3) is 0 Å². The Kier molecular flexibility index (Phi) is 5.98. The highest BCUT2D eigenvalue weighted by Gasteiger charge is 2.15. The van der Waals surface area contributed by atoms with Crippen molar-refractivity contribution >= 4 is 23.2 Å². The Morgan fingerprint density at radius 3 is 2.65 bits per heavy atom. The smallest absolute Gasteiger partial charge is 0.253 e. The molecule has 4 rings (SSSR count). The van der Waals surface area contributed by atoms with Gasteiger partial charge in [-0.1, -0.05) is 24.3 Å². The Morgan fingerprint density at radius 2 is 1.77 bits per heavy atom. The van der Waals surface area contributed by atoms with Gasteiger partial charge in [0.2, 0.25) is 12.7 Å². The van der Waals surface area contributed by atoms with Gasteiger partial charge in [-0.3, -0.25) is 9.59 Å². The Hall–Kier alpha value is -4.07. The molecule has 0 aromatic heterocycles. The van der Waals surface area contributed by atoms with Crippen LogP contribution in [0.4, 0.5) is 15.8 Å². The number of para-hydroxylation sites is 1. The Morgan fingerprint density at radius 1 is 0.935 bits per heavy atom. The summed E-state index contributed by atoms with van der Waals surface area (Å²) >= 11 is 0. The lowest BCUT2D eigenvalue weighted by Crippen LogP contribution is -2.26. The first kappa shape index (κ1) is 20.2. The normalized spacial score (nSPS) is 11.6. The van der Waals surface area contributed by atoms with E-state index in [1.54, 1.807) is 36.4 Å². The van der Waals surface area contributed by atoms with Crippen molar-refractivity contribution < 1.29 is 23.5 Å². The van der Waals surface area contributed by atoms with Gasteiger partial charge in [-0.05, 0) is 48.0 Å². The maximum Gasteiger partial charge on any atom is 0.253 e. The van der Waals surface area contributed by atoms with Gasteiger partial charge >= 0.3 is 0 Å². The summed E-state index contributed by atoms with van der Waals surface area (Å²) in [6, 6.07) is 18.0. The number of carbonyl (C=O) groups excluding carboxylic acids is 2. The third-order valence-corrected chi connectivity index (χ3v) is 4.61. The van der Waals surface area contributed by atoms with Crippen molar-refractivity contribution in [1.82, 2.24) is 5.32 Å². The van der Waals surface area contributed by atoms with E-state index in [1.807, 2.05) is 12.1 Å². The number of carbonyl (C=O) groups is 2. The summed E-state index contributed by atoms with van der Waals surface area (Å²) in [5, 5.41) is 8.43. The van der Waals surface area contributed by atoms with E-state index < -0.39 is 5.82 Å². The minimum Gasteiger partial charge on any atom is -0.454 e. The van der Waals surface area contributed by atoms with Crippen molar-refractivity contribution in [2.75, 3.05) is 24.0 Å². The van der Waals surface area contributed by atoms with E-state index in [0.29, 0.717) is 35.0 Å². The molecular formula is C23H20FN3O4. The number of anilines is 2. The van der Waals surface area contributed by atoms with Crippen molar-refractivity contribution in [3.63, 3.8) is 0 Å². The zero-order valence-electron chi connectivity index (χ0n) is 16.5. The lowest BCUT2D eigenvalue weighted by atomic mass is 10.1. The number of rotatable bonds is 7. The van der Waals surface area contributed by atoms with Crippen LogP contribution < -0.4 is 25.4 Å². The van der Waals surface area contributed by atoms with Crippen molar-refractivity contribution in [2.45, 2.75) is 6.54 Å². The standard InChI is InChI=1S/C23H20FN3O4/c24-16-4-3-5-17(11-16)27-22(28)13-25-19-7-2-1-6-18(19)23(29)26-12-15-8-9-20-21(10-15)31-14-30-20/h1-11,25H,12-14H2,(H,26,29)(H,27,28). The molecule has 3 N–H and O–H groups in total. The van der Waals surface area contributed by atoms with Crippen LogP contribution >= 0.6 is 0 Å². The minimum atomic E-state index is -0.435. The molecule has 1 aliphatic rings. The van der Waals surface area contributed by atoms with Crippen LogP contribution in [0.1, 0.15) is 15.9 Å². The molecule has 0 saturated heterocycles. The van der Waals surface area contributed by atoms with Crippen LogP contribution in [-0.2, 0) is 11.3 Å². The van der Waals surface area contributed by atoms with Gasteiger partial charge in [0.1, 0.15) is 5.82 Å². The highest BCUT2D eigenvalue weighted by atomic mass is 19.1. The minimum absolute atomic E-state index is 0.0804. The summed E-state index contributed by atoms with van der Waals surface area (Å²) in [7, 11) is 0. The molecule has 3 aromatic rings. The first-order valence-electron chi connectivity index (χ1n) is 9.63. The molecule has 8 heteroatoms. The largest absolute Gasteiger partial charge is 0.454 e. The lowest BCUT2D eigenvalue weighted by molar-refractivity contribution is -0.114. The molecule has 7 nitrogen and oxygen atoms in total. The van der Waals surface area contributed by atoms with Gasteiger partial charge in [-0.2, -0.15) is 0 Å². The molecule has 1 aliphatic heterocycles. The fourth-order valence-corrected chi connectivity index (χ4v) is 3.11. The van der Waals surface area contributed by atoms with Gasteiger partial charge in [-0.15, -0.1) is 0 Å². The zero-order valence-corrected chi connectivity index (χ0v) is 16.5. The maximum absolute atomic E-state index is 13.2. The predicted octanol–water partition coefficient (Wildman–Crippen LogP) is 3.54. The SMILES string of the molecule is O=C(CNc1ccccc1C(=O)NCc1ccc2c(c1)OCO2)Nc1cccc(F)c1. The van der Waals surface area contributed by atoms with E-state index in [2.05, 4.69) is 16.0 Å². The van der Waals surface area contributed by atoms with E-state index in [4.69, 9.17) is 9.47 Å². The molecule has 0 atom stereocenters. The number of fused-ring (bicyclic) bond motifs is 1. The summed E-state index contributed by atoms with van der Waals surface area (Å²) in [5.41, 5.74) is 2.15. The molecule has 0 aliphatic carbocycles. The molecule has 0 saturated carbocycles. The Balaban J connectivity index is 1.35. The van der Waals surface area contributed by atoms with Gasteiger partial charge in [0.15, 0.2) is 11.5 Å². The number of hydrogen-bond donors (Lipinski definition) is 3. The highest BCUT2D eigenvalue weighted by molar-refractivity contribution is 6.00. The summed E-state index contributed by atoms with van der Waals surface area (Å²) in [4.78, 5) is 24.9. The van der Waals surface area contributed by atoms with Crippen LogP contribution in [-0.4, -0.2) is 25.2 Å². The van der Waals surface area contributed by atoms with Gasteiger partial charge in [0.25, 0.3) is 5.91 Å². The molecule has 2 amide bonds. The van der Waals surface area contributed by atoms with Gasteiger partial charge in [-0.25, -0.2) is 4.39 Å². The first-order valence-corrected chi connectivity index (χ1v) is 9.63. The number of halogens is 1. The molecule has 0 bridgehead atoms. The molecule has 1 heterocycles. The predicted molar refractivity (Wildman–Crippen MR) is 114 cm³/mol. The zero-order chi connectivity index (χ0) is 21.6. The fourth-order valence-electron chi connectivity index (χ4n) is 3.11. The number of ether oxygens (including phenoxy) is 2. The Bertz CT molecular complexity index is 1120. The third-order valence-electron chi connectivity index (χ3n) is 4.61. The molecule has 0 unspecified atom stereocenters. The molecule has 0 radical (unpaired) electrons. The van der Waals surface area contributed by atoms with Crippen molar-refractivity contribution in [3.8, 4) is 11.5 Å². The maximum atomic E-state index is 13.2. The van der Waals surface area contributed by atoms with Crippen LogP contribution in [0.15, 0.2) is 66.7 Å². The van der Waals surface area contributed by atoms with Crippen molar-refractivity contribution in [2.24, 2.45) is 0 Å². The summed E-state index contributed by atoms with van der Waals surface area (Å²) in [6.45, 7) is 0.420. The third kappa shape index (κ3) is 5.11. The second kappa shape index (κ2) is 9.17. The van der Waals surface area contributed by atoms with Crippen LogP contribution in [0.5, 0.6) is 11.5 Å². The summed E-state index contributed by atoms with van der Waals surface area (Å²) < 4.78 is 23.9. The summed E-state index contributed by atoms with van der Waals surface area (Å²) in [5.74, 6) is 0.252. The lowest BCUT2D eigenvalue weighted by Gasteiger charge is -2.13. The quantitative estimate of drug-likeness (QED) is 0.543. The number of nitrogens with one attached hydrogen (secondary N) is 3. The van der Waals surface area contributed by atoms with Crippen LogP contribution in [0.2, 0.25) is 0 Å². The molecule has 31 heavy (non-hydrogen) atoms. The van der Waals surface area contributed by atoms with Crippen molar-refractivity contribution in [1.29, 1.82) is 0 Å². The highest BCUT2D eigenvalue weighted by Crippen LogP contribution is 2.32. The first-order chi connectivity index (χ1) is 15.1. The van der Waals surface area contributed by atoms with E-state index in [1.165, 1.54) is 18.2 Å². The molecule has 158 valence electrons. The van der Waals surface area contributed by atoms with Gasteiger partial charge < -0.3 is 25.4 Å². The van der Waals surface area contributed by atoms with E-state index in [0.717, 1.165) is 5.56 Å².